The Hall–Kier alpha value is -2.32. The molecule has 0 saturated carbocycles. The molecule has 0 aliphatic heterocycles. The molecule has 0 bridgehead atoms. The maximum Gasteiger partial charge on any atom is 0.169 e. The highest BCUT2D eigenvalue weighted by molar-refractivity contribution is 6.34. The molecule has 0 amide bonds. The van der Waals surface area contributed by atoms with Crippen LogP contribution in [0.3, 0.4) is 0 Å². The SMILES string of the molecule is CCn1cnc2c(Cl)ncc(F)c21.CCn1cnc2c(F)cnc(Cl)c21. The molecule has 136 valence electrons. The summed E-state index contributed by atoms with van der Waals surface area (Å²) in [5.74, 6) is -0.828. The van der Waals surface area contributed by atoms with Crippen molar-refractivity contribution in [2.24, 2.45) is 0 Å². The van der Waals surface area contributed by atoms with Gasteiger partial charge < -0.3 is 9.13 Å². The van der Waals surface area contributed by atoms with Gasteiger partial charge in [-0.2, -0.15) is 0 Å². The number of hydrogen-bond donors (Lipinski definition) is 0. The Kier molecular flexibility index (Phi) is 5.33. The Morgan fingerprint density at radius 2 is 1.31 bits per heavy atom. The van der Waals surface area contributed by atoms with Crippen LogP contribution in [0.5, 0.6) is 0 Å². The fourth-order valence-electron chi connectivity index (χ4n) is 2.51. The van der Waals surface area contributed by atoms with Crippen molar-refractivity contribution in [1.29, 1.82) is 0 Å². The zero-order valence-electron chi connectivity index (χ0n) is 13.9. The van der Waals surface area contributed by atoms with Crippen molar-refractivity contribution in [3.8, 4) is 0 Å². The van der Waals surface area contributed by atoms with Gasteiger partial charge in [-0.05, 0) is 13.8 Å². The fraction of sp³-hybridized carbons (Fsp3) is 0.250. The van der Waals surface area contributed by atoms with E-state index in [-0.39, 0.29) is 15.8 Å². The van der Waals surface area contributed by atoms with Crippen LogP contribution in [0.4, 0.5) is 8.78 Å². The minimum absolute atomic E-state index is 0.239. The molecule has 0 radical (unpaired) electrons. The Balaban J connectivity index is 0.000000151. The first-order valence-electron chi connectivity index (χ1n) is 7.77. The first-order chi connectivity index (χ1) is 12.5. The van der Waals surface area contributed by atoms with Crippen molar-refractivity contribution in [2.45, 2.75) is 26.9 Å². The molecule has 0 aromatic carbocycles. The second-order valence-corrected chi connectivity index (χ2v) is 5.97. The Morgan fingerprint density at radius 1 is 0.769 bits per heavy atom. The van der Waals surface area contributed by atoms with Crippen LogP contribution in [0, 0.1) is 11.6 Å². The summed E-state index contributed by atoms with van der Waals surface area (Å²) in [7, 11) is 0. The lowest BCUT2D eigenvalue weighted by Crippen LogP contribution is -1.94. The smallest absolute Gasteiger partial charge is 0.169 e. The van der Waals surface area contributed by atoms with Crippen molar-refractivity contribution in [1.82, 2.24) is 29.1 Å². The third kappa shape index (κ3) is 3.22. The van der Waals surface area contributed by atoms with Gasteiger partial charge in [0.25, 0.3) is 0 Å². The van der Waals surface area contributed by atoms with Gasteiger partial charge in [-0.25, -0.2) is 28.7 Å². The zero-order valence-corrected chi connectivity index (χ0v) is 15.4. The fourth-order valence-corrected chi connectivity index (χ4v) is 2.94. The topological polar surface area (TPSA) is 61.4 Å². The van der Waals surface area contributed by atoms with Crippen LogP contribution in [0.2, 0.25) is 10.3 Å². The predicted octanol–water partition coefficient (Wildman–Crippen LogP) is 4.49. The molecule has 0 aliphatic carbocycles. The van der Waals surface area contributed by atoms with Crippen LogP contribution in [0.1, 0.15) is 13.8 Å². The van der Waals surface area contributed by atoms with E-state index in [0.717, 1.165) is 12.4 Å². The number of rotatable bonds is 2. The Bertz CT molecular complexity index is 990. The molecule has 0 unspecified atom stereocenters. The van der Waals surface area contributed by atoms with Gasteiger partial charge in [-0.1, -0.05) is 23.2 Å². The maximum atomic E-state index is 13.3. The second kappa shape index (κ2) is 7.51. The van der Waals surface area contributed by atoms with Crippen molar-refractivity contribution < 1.29 is 8.78 Å². The van der Waals surface area contributed by atoms with E-state index in [1.807, 2.05) is 13.8 Å². The average Bonchev–Trinajstić information content (AvgIpc) is 3.27. The van der Waals surface area contributed by atoms with Crippen molar-refractivity contribution in [2.75, 3.05) is 0 Å². The van der Waals surface area contributed by atoms with E-state index in [1.165, 1.54) is 0 Å². The van der Waals surface area contributed by atoms with Gasteiger partial charge in [0.1, 0.15) is 22.1 Å². The van der Waals surface area contributed by atoms with Crippen LogP contribution in [0.15, 0.2) is 25.0 Å². The number of halogens is 4. The highest BCUT2D eigenvalue weighted by Crippen LogP contribution is 2.23. The van der Waals surface area contributed by atoms with E-state index in [2.05, 4.69) is 19.9 Å². The van der Waals surface area contributed by atoms with Crippen molar-refractivity contribution in [3.63, 3.8) is 0 Å². The molecule has 4 heterocycles. The van der Waals surface area contributed by atoms with Crippen LogP contribution in [0.25, 0.3) is 22.1 Å². The van der Waals surface area contributed by atoms with Gasteiger partial charge in [0.15, 0.2) is 21.9 Å². The summed E-state index contributed by atoms with van der Waals surface area (Å²) in [4.78, 5) is 15.3. The summed E-state index contributed by atoms with van der Waals surface area (Å²) in [6.07, 6.45) is 5.30. The predicted molar refractivity (Wildman–Crippen MR) is 96.3 cm³/mol. The summed E-state index contributed by atoms with van der Waals surface area (Å²) in [6.45, 7) is 5.20. The van der Waals surface area contributed by atoms with Gasteiger partial charge in [0.2, 0.25) is 0 Å². The molecule has 6 nitrogen and oxygen atoms in total. The summed E-state index contributed by atoms with van der Waals surface area (Å²) in [5, 5.41) is 0.527. The minimum atomic E-state index is -0.438. The molecule has 4 aromatic heterocycles. The van der Waals surface area contributed by atoms with Crippen LogP contribution in [-0.4, -0.2) is 29.1 Å². The third-order valence-corrected chi connectivity index (χ3v) is 4.34. The van der Waals surface area contributed by atoms with E-state index in [4.69, 9.17) is 23.2 Å². The monoisotopic (exact) mass is 398 g/mol. The molecule has 0 N–H and O–H groups in total. The number of aromatic nitrogens is 6. The van der Waals surface area contributed by atoms with E-state index in [9.17, 15) is 8.78 Å². The van der Waals surface area contributed by atoms with Gasteiger partial charge >= 0.3 is 0 Å². The normalized spacial score (nSPS) is 11.0. The Labute approximate surface area is 157 Å². The summed E-state index contributed by atoms with van der Waals surface area (Å²) in [6, 6.07) is 0. The minimum Gasteiger partial charge on any atom is -0.328 e. The highest BCUT2D eigenvalue weighted by atomic mass is 35.5. The molecule has 4 aromatic rings. The largest absolute Gasteiger partial charge is 0.328 e. The van der Waals surface area contributed by atoms with Crippen LogP contribution < -0.4 is 0 Å². The first kappa shape index (κ1) is 18.5. The quantitative estimate of drug-likeness (QED) is 0.466. The van der Waals surface area contributed by atoms with Gasteiger partial charge in [0.05, 0.1) is 25.0 Å². The molecule has 4 rings (SSSR count). The van der Waals surface area contributed by atoms with Crippen molar-refractivity contribution >= 4 is 45.3 Å². The Morgan fingerprint density at radius 3 is 1.96 bits per heavy atom. The molecule has 26 heavy (non-hydrogen) atoms. The number of aryl methyl sites for hydroxylation is 2. The molecule has 0 fully saturated rings. The molecular formula is C16H14Cl2F2N6. The lowest BCUT2D eigenvalue weighted by Gasteiger charge is -1.99. The lowest BCUT2D eigenvalue weighted by atomic mass is 10.4. The van der Waals surface area contributed by atoms with E-state index >= 15 is 0 Å². The first-order valence-corrected chi connectivity index (χ1v) is 8.53. The molecule has 0 spiro atoms. The third-order valence-electron chi connectivity index (χ3n) is 3.78. The number of hydrogen-bond acceptors (Lipinski definition) is 4. The van der Waals surface area contributed by atoms with Gasteiger partial charge in [-0.15, -0.1) is 0 Å². The van der Waals surface area contributed by atoms with Crippen LogP contribution >= 0.6 is 23.2 Å². The summed E-state index contributed by atoms with van der Waals surface area (Å²) >= 11 is 11.6. The van der Waals surface area contributed by atoms with Crippen LogP contribution in [-0.2, 0) is 13.1 Å². The maximum absolute atomic E-state index is 13.3. The highest BCUT2D eigenvalue weighted by Gasteiger charge is 2.11. The molecular weight excluding hydrogens is 385 g/mol. The van der Waals surface area contributed by atoms with E-state index in [1.54, 1.807) is 21.8 Å². The summed E-state index contributed by atoms with van der Waals surface area (Å²) < 4.78 is 29.8. The molecule has 0 aliphatic rings. The number of imidazole rings is 2. The number of nitrogens with zero attached hydrogens (tertiary/aromatic N) is 6. The molecule has 0 saturated heterocycles. The zero-order chi connectivity index (χ0) is 18.8. The molecule has 10 heteroatoms. The lowest BCUT2D eigenvalue weighted by molar-refractivity contribution is 0.621. The van der Waals surface area contributed by atoms with Gasteiger partial charge in [-0.3, -0.25) is 0 Å². The van der Waals surface area contributed by atoms with E-state index in [0.29, 0.717) is 29.6 Å². The number of pyridine rings is 2. The molecule has 0 atom stereocenters. The standard InChI is InChI=1S/2C8H7ClFN3/c1-2-13-4-12-6-7(13)5(10)3-11-8(6)9;1-2-13-4-12-6-5(10)3-11-8(9)7(6)13/h2*3-4H,2H2,1H3. The summed E-state index contributed by atoms with van der Waals surface area (Å²) in [5.41, 5.74) is 1.68. The van der Waals surface area contributed by atoms with Gasteiger partial charge in [0, 0.05) is 13.1 Å². The van der Waals surface area contributed by atoms with Crippen molar-refractivity contribution in [3.05, 3.63) is 47.0 Å². The average molecular weight is 399 g/mol. The van der Waals surface area contributed by atoms with E-state index < -0.39 is 11.6 Å². The second-order valence-electron chi connectivity index (χ2n) is 5.25. The number of fused-ring (bicyclic) bond motifs is 2.